The standard InChI is InChI=1S/C19H23N3O3/c1-12(17-13(2)20-25-14(17)3)18(23)21(4)16-10-11-22(19(16)24)15-8-6-5-7-9-15/h5-9,12,16H,10-11H2,1-4H3. The van der Waals surface area contributed by atoms with E-state index in [4.69, 9.17) is 4.52 Å². The van der Waals surface area contributed by atoms with Gasteiger partial charge in [-0.05, 0) is 39.3 Å². The van der Waals surface area contributed by atoms with Crippen molar-refractivity contribution in [3.05, 3.63) is 47.3 Å². The predicted octanol–water partition coefficient (Wildman–Crippen LogP) is 2.66. The molecule has 2 amide bonds. The fraction of sp³-hybridized carbons (Fsp3) is 0.421. The number of nitrogens with zero attached hydrogens (tertiary/aromatic N) is 3. The molecule has 2 atom stereocenters. The zero-order valence-corrected chi connectivity index (χ0v) is 15.0. The lowest BCUT2D eigenvalue weighted by molar-refractivity contribution is -0.137. The Bertz CT molecular complexity index is 765. The van der Waals surface area contributed by atoms with E-state index in [0.717, 1.165) is 16.9 Å². The van der Waals surface area contributed by atoms with Gasteiger partial charge in [-0.2, -0.15) is 0 Å². The van der Waals surface area contributed by atoms with E-state index in [9.17, 15) is 9.59 Å². The number of amides is 2. The molecule has 0 spiro atoms. The first kappa shape index (κ1) is 17.2. The zero-order chi connectivity index (χ0) is 18.1. The number of rotatable bonds is 4. The topological polar surface area (TPSA) is 66.7 Å². The Morgan fingerprint density at radius 2 is 2.00 bits per heavy atom. The summed E-state index contributed by atoms with van der Waals surface area (Å²) < 4.78 is 5.17. The lowest BCUT2D eigenvalue weighted by Gasteiger charge is -2.26. The number of aryl methyl sites for hydroxylation is 2. The van der Waals surface area contributed by atoms with E-state index in [1.807, 2.05) is 44.2 Å². The van der Waals surface area contributed by atoms with Crippen LogP contribution in [0.2, 0.25) is 0 Å². The van der Waals surface area contributed by atoms with E-state index in [1.165, 1.54) is 0 Å². The summed E-state index contributed by atoms with van der Waals surface area (Å²) in [6, 6.07) is 9.12. The Balaban J connectivity index is 1.76. The van der Waals surface area contributed by atoms with Crippen molar-refractivity contribution >= 4 is 17.5 Å². The van der Waals surface area contributed by atoms with Crippen molar-refractivity contribution in [2.45, 2.75) is 39.2 Å². The summed E-state index contributed by atoms with van der Waals surface area (Å²) in [5.74, 6) is 0.126. The fourth-order valence-electron chi connectivity index (χ4n) is 3.58. The zero-order valence-electron chi connectivity index (χ0n) is 15.0. The molecule has 1 aliphatic heterocycles. The van der Waals surface area contributed by atoms with Gasteiger partial charge in [0.2, 0.25) is 11.8 Å². The summed E-state index contributed by atoms with van der Waals surface area (Å²) in [4.78, 5) is 29.0. The van der Waals surface area contributed by atoms with Crippen LogP contribution in [0, 0.1) is 13.8 Å². The third-order valence-corrected chi connectivity index (χ3v) is 4.95. The number of hydrogen-bond donors (Lipinski definition) is 0. The van der Waals surface area contributed by atoms with Crippen LogP contribution >= 0.6 is 0 Å². The number of carbonyl (C=O) groups excluding carboxylic acids is 2. The average molecular weight is 341 g/mol. The van der Waals surface area contributed by atoms with E-state index in [1.54, 1.807) is 23.8 Å². The van der Waals surface area contributed by atoms with E-state index in [0.29, 0.717) is 18.7 Å². The lowest BCUT2D eigenvalue weighted by atomic mass is 9.97. The summed E-state index contributed by atoms with van der Waals surface area (Å²) in [7, 11) is 1.70. The third-order valence-electron chi connectivity index (χ3n) is 4.95. The average Bonchev–Trinajstić information content (AvgIpc) is 3.16. The van der Waals surface area contributed by atoms with E-state index < -0.39 is 12.0 Å². The van der Waals surface area contributed by atoms with Crippen molar-refractivity contribution in [1.29, 1.82) is 0 Å². The van der Waals surface area contributed by atoms with Crippen LogP contribution in [-0.4, -0.2) is 41.5 Å². The quantitative estimate of drug-likeness (QED) is 0.857. The van der Waals surface area contributed by atoms with Crippen LogP contribution in [0.5, 0.6) is 0 Å². The van der Waals surface area contributed by atoms with Gasteiger partial charge in [0.15, 0.2) is 0 Å². The highest BCUT2D eigenvalue weighted by Crippen LogP contribution is 2.28. The first-order valence-electron chi connectivity index (χ1n) is 8.47. The van der Waals surface area contributed by atoms with E-state index >= 15 is 0 Å². The fourth-order valence-corrected chi connectivity index (χ4v) is 3.58. The van der Waals surface area contributed by atoms with Gasteiger partial charge >= 0.3 is 0 Å². The molecular weight excluding hydrogens is 318 g/mol. The molecule has 25 heavy (non-hydrogen) atoms. The summed E-state index contributed by atoms with van der Waals surface area (Å²) >= 11 is 0. The van der Waals surface area contributed by atoms with Gasteiger partial charge < -0.3 is 14.3 Å². The van der Waals surface area contributed by atoms with Crippen LogP contribution in [0.3, 0.4) is 0 Å². The molecular formula is C19H23N3O3. The molecule has 1 fully saturated rings. The molecule has 6 heteroatoms. The third kappa shape index (κ3) is 3.04. The van der Waals surface area contributed by atoms with Crippen LogP contribution in [0.25, 0.3) is 0 Å². The molecule has 0 radical (unpaired) electrons. The second-order valence-corrected chi connectivity index (χ2v) is 6.54. The molecule has 0 saturated carbocycles. The first-order chi connectivity index (χ1) is 11.9. The van der Waals surface area contributed by atoms with Gasteiger partial charge in [0, 0.05) is 24.8 Å². The smallest absolute Gasteiger partial charge is 0.249 e. The second-order valence-electron chi connectivity index (χ2n) is 6.54. The minimum Gasteiger partial charge on any atom is -0.361 e. The summed E-state index contributed by atoms with van der Waals surface area (Å²) in [6.45, 7) is 6.08. The van der Waals surface area contributed by atoms with Crippen molar-refractivity contribution in [2.24, 2.45) is 0 Å². The molecule has 0 N–H and O–H groups in total. The van der Waals surface area contributed by atoms with Gasteiger partial charge in [0.05, 0.1) is 11.6 Å². The highest BCUT2D eigenvalue weighted by atomic mass is 16.5. The van der Waals surface area contributed by atoms with Gasteiger partial charge in [-0.1, -0.05) is 23.4 Å². The Morgan fingerprint density at radius 1 is 1.32 bits per heavy atom. The number of likely N-dealkylation sites (N-methyl/N-ethyl adjacent to an activating group) is 1. The molecule has 2 unspecified atom stereocenters. The highest BCUT2D eigenvalue weighted by molar-refractivity contribution is 6.01. The van der Waals surface area contributed by atoms with Gasteiger partial charge in [-0.25, -0.2) is 0 Å². The maximum atomic E-state index is 12.9. The SMILES string of the molecule is Cc1noc(C)c1C(C)C(=O)N(C)C1CCN(c2ccccc2)C1=O. The number of carbonyl (C=O) groups is 2. The molecule has 1 saturated heterocycles. The summed E-state index contributed by atoms with van der Waals surface area (Å²) in [5.41, 5.74) is 2.40. The van der Waals surface area contributed by atoms with Crippen LogP contribution in [-0.2, 0) is 9.59 Å². The Labute approximate surface area is 147 Å². The number of aromatic nitrogens is 1. The predicted molar refractivity (Wildman–Crippen MR) is 94.4 cm³/mol. The van der Waals surface area contributed by atoms with Gasteiger partial charge in [0.1, 0.15) is 11.8 Å². The second kappa shape index (κ2) is 6.70. The monoisotopic (exact) mass is 341 g/mol. The normalized spacial score (nSPS) is 18.5. The van der Waals surface area contributed by atoms with Crippen molar-refractivity contribution in [3.63, 3.8) is 0 Å². The van der Waals surface area contributed by atoms with Crippen LogP contribution in [0.4, 0.5) is 5.69 Å². The molecule has 0 bridgehead atoms. The number of benzene rings is 1. The minimum atomic E-state index is -0.435. The largest absolute Gasteiger partial charge is 0.361 e. The maximum absolute atomic E-state index is 12.9. The molecule has 1 aliphatic rings. The van der Waals surface area contributed by atoms with Gasteiger partial charge in [-0.15, -0.1) is 0 Å². The number of anilines is 1. The minimum absolute atomic E-state index is 0.0342. The van der Waals surface area contributed by atoms with Gasteiger partial charge in [0.25, 0.3) is 0 Å². The molecule has 2 heterocycles. The first-order valence-corrected chi connectivity index (χ1v) is 8.47. The molecule has 3 rings (SSSR count). The molecule has 132 valence electrons. The number of para-hydroxylation sites is 1. The highest BCUT2D eigenvalue weighted by Gasteiger charge is 2.39. The molecule has 0 aliphatic carbocycles. The van der Waals surface area contributed by atoms with Crippen molar-refractivity contribution in [1.82, 2.24) is 10.1 Å². The van der Waals surface area contributed by atoms with Crippen molar-refractivity contribution in [2.75, 3.05) is 18.5 Å². The molecule has 2 aromatic rings. The summed E-state index contributed by atoms with van der Waals surface area (Å²) in [6.07, 6.45) is 0.629. The van der Waals surface area contributed by atoms with Gasteiger partial charge in [-0.3, -0.25) is 9.59 Å². The maximum Gasteiger partial charge on any atom is 0.249 e. The van der Waals surface area contributed by atoms with Crippen molar-refractivity contribution in [3.8, 4) is 0 Å². The van der Waals surface area contributed by atoms with Crippen LogP contribution < -0.4 is 4.90 Å². The molecule has 1 aromatic heterocycles. The van der Waals surface area contributed by atoms with Crippen LogP contribution in [0.15, 0.2) is 34.9 Å². The van der Waals surface area contributed by atoms with E-state index in [-0.39, 0.29) is 11.8 Å². The van der Waals surface area contributed by atoms with Crippen LogP contribution in [0.1, 0.15) is 36.3 Å². The Morgan fingerprint density at radius 3 is 2.60 bits per heavy atom. The lowest BCUT2D eigenvalue weighted by Crippen LogP contribution is -2.44. The molecule has 1 aromatic carbocycles. The Hall–Kier alpha value is -2.63. The van der Waals surface area contributed by atoms with E-state index in [2.05, 4.69) is 5.16 Å². The Kier molecular flexibility index (Phi) is 4.61. The summed E-state index contributed by atoms with van der Waals surface area (Å²) in [5, 5.41) is 3.92. The number of hydrogen-bond acceptors (Lipinski definition) is 4. The molecule has 6 nitrogen and oxygen atoms in total. The van der Waals surface area contributed by atoms with Crippen molar-refractivity contribution < 1.29 is 14.1 Å².